The molecular formula is C19H21ClN4O2. The number of aromatic amines is 1. The summed E-state index contributed by atoms with van der Waals surface area (Å²) in [6.07, 6.45) is 3.60. The number of hydrogen-bond donors (Lipinski definition) is 1. The van der Waals surface area contributed by atoms with Crippen molar-refractivity contribution in [3.8, 4) is 0 Å². The molecule has 7 heteroatoms. The number of halogens is 1. The van der Waals surface area contributed by atoms with Gasteiger partial charge in [0.2, 0.25) is 0 Å². The van der Waals surface area contributed by atoms with Crippen molar-refractivity contribution in [2.24, 2.45) is 0 Å². The quantitative estimate of drug-likeness (QED) is 0.745. The van der Waals surface area contributed by atoms with Crippen molar-refractivity contribution in [3.05, 3.63) is 46.6 Å². The molecule has 4 rings (SSSR count). The van der Waals surface area contributed by atoms with Crippen molar-refractivity contribution in [1.82, 2.24) is 20.1 Å². The second-order valence-electron chi connectivity index (χ2n) is 6.76. The Balaban J connectivity index is 1.41. The fraction of sp³-hybridized carbons (Fsp3) is 0.421. The maximum absolute atomic E-state index is 12.6. The minimum atomic E-state index is -0.00796. The van der Waals surface area contributed by atoms with Crippen molar-refractivity contribution in [3.63, 3.8) is 0 Å². The second kappa shape index (κ2) is 7.11. The van der Waals surface area contributed by atoms with Crippen LogP contribution in [0.2, 0.25) is 5.02 Å². The molecule has 1 N–H and O–H groups in total. The Morgan fingerprint density at radius 2 is 2.15 bits per heavy atom. The number of nitrogens with zero attached hydrogens (tertiary/aromatic N) is 3. The van der Waals surface area contributed by atoms with Crippen LogP contribution in [0.15, 0.2) is 28.7 Å². The van der Waals surface area contributed by atoms with E-state index in [2.05, 4.69) is 22.1 Å². The summed E-state index contributed by atoms with van der Waals surface area (Å²) in [4.78, 5) is 19.1. The number of likely N-dealkylation sites (tertiary alicyclic amines) is 1. The Morgan fingerprint density at radius 1 is 1.35 bits per heavy atom. The molecule has 6 nitrogen and oxygen atoms in total. The highest BCUT2D eigenvalue weighted by Gasteiger charge is 2.28. The highest BCUT2D eigenvalue weighted by atomic mass is 35.5. The van der Waals surface area contributed by atoms with E-state index in [-0.39, 0.29) is 11.8 Å². The van der Waals surface area contributed by atoms with E-state index in [4.69, 9.17) is 16.0 Å². The Bertz CT molecular complexity index is 925. The molecule has 1 saturated heterocycles. The van der Waals surface area contributed by atoms with Crippen LogP contribution in [0.5, 0.6) is 0 Å². The lowest BCUT2D eigenvalue weighted by Crippen LogP contribution is -2.38. The van der Waals surface area contributed by atoms with E-state index in [1.54, 1.807) is 6.07 Å². The van der Waals surface area contributed by atoms with E-state index in [0.717, 1.165) is 48.4 Å². The predicted octanol–water partition coefficient (Wildman–Crippen LogP) is 4.18. The second-order valence-corrected chi connectivity index (χ2v) is 7.20. The maximum Gasteiger partial charge on any atom is 0.274 e. The first kappa shape index (κ1) is 17.1. The fourth-order valence-electron chi connectivity index (χ4n) is 3.45. The number of carbonyl (C=O) groups excluding carboxylic acids is 1. The van der Waals surface area contributed by atoms with Crippen LogP contribution in [0.25, 0.3) is 11.1 Å². The molecule has 3 aromatic rings. The van der Waals surface area contributed by atoms with Crippen LogP contribution in [-0.4, -0.2) is 39.1 Å². The molecule has 0 aliphatic carbocycles. The molecule has 0 atom stereocenters. The van der Waals surface area contributed by atoms with Gasteiger partial charge in [0.15, 0.2) is 11.5 Å². The molecule has 0 radical (unpaired) electrons. The number of rotatable bonds is 4. The Kier molecular flexibility index (Phi) is 4.68. The van der Waals surface area contributed by atoms with E-state index in [1.165, 1.54) is 0 Å². The van der Waals surface area contributed by atoms with Gasteiger partial charge in [-0.2, -0.15) is 5.10 Å². The Morgan fingerprint density at radius 3 is 2.92 bits per heavy atom. The molecule has 2 aromatic heterocycles. The van der Waals surface area contributed by atoms with Crippen LogP contribution in [0.1, 0.15) is 54.2 Å². The van der Waals surface area contributed by atoms with E-state index in [1.807, 2.05) is 23.1 Å². The summed E-state index contributed by atoms with van der Waals surface area (Å²) in [5.74, 6) is 0.950. The van der Waals surface area contributed by atoms with E-state index in [9.17, 15) is 4.79 Å². The Hall–Kier alpha value is -2.34. The summed E-state index contributed by atoms with van der Waals surface area (Å²) < 4.78 is 5.88. The molecule has 1 aliphatic rings. The van der Waals surface area contributed by atoms with Gasteiger partial charge in [0.25, 0.3) is 5.91 Å². The molecule has 136 valence electrons. The molecular weight excluding hydrogens is 352 g/mol. The maximum atomic E-state index is 12.6. The molecule has 0 spiro atoms. The largest absolute Gasteiger partial charge is 0.440 e. The average molecular weight is 373 g/mol. The molecule has 1 aromatic carbocycles. The van der Waals surface area contributed by atoms with Gasteiger partial charge < -0.3 is 9.32 Å². The number of piperidine rings is 1. The zero-order valence-corrected chi connectivity index (χ0v) is 15.4. The number of aryl methyl sites for hydroxylation is 1. The van der Waals surface area contributed by atoms with Gasteiger partial charge in [-0.25, -0.2) is 4.98 Å². The van der Waals surface area contributed by atoms with Gasteiger partial charge >= 0.3 is 0 Å². The van der Waals surface area contributed by atoms with Crippen molar-refractivity contribution < 1.29 is 9.21 Å². The summed E-state index contributed by atoms with van der Waals surface area (Å²) in [6, 6.07) is 7.32. The number of amides is 1. The third-order valence-electron chi connectivity index (χ3n) is 4.87. The van der Waals surface area contributed by atoms with Gasteiger partial charge in [-0.15, -0.1) is 0 Å². The first-order valence-corrected chi connectivity index (χ1v) is 9.41. The summed E-state index contributed by atoms with van der Waals surface area (Å²) >= 11 is 6.01. The van der Waals surface area contributed by atoms with Crippen LogP contribution in [-0.2, 0) is 6.42 Å². The molecule has 26 heavy (non-hydrogen) atoms. The minimum absolute atomic E-state index is 0.00796. The van der Waals surface area contributed by atoms with Crippen molar-refractivity contribution >= 4 is 28.6 Å². The number of aromatic nitrogens is 3. The molecule has 1 amide bonds. The number of benzene rings is 1. The van der Waals surface area contributed by atoms with Gasteiger partial charge in [-0.05, 0) is 43.5 Å². The molecule has 1 aliphatic heterocycles. The summed E-state index contributed by atoms with van der Waals surface area (Å²) in [5, 5.41) is 7.76. The number of H-pyrrole nitrogens is 1. The molecule has 3 heterocycles. The number of fused-ring (bicyclic) bond motifs is 1. The smallest absolute Gasteiger partial charge is 0.274 e. The van der Waals surface area contributed by atoms with Crippen LogP contribution in [0.4, 0.5) is 0 Å². The fourth-order valence-corrected chi connectivity index (χ4v) is 3.62. The minimum Gasteiger partial charge on any atom is -0.440 e. The van der Waals surface area contributed by atoms with Gasteiger partial charge in [-0.1, -0.05) is 24.9 Å². The van der Waals surface area contributed by atoms with E-state index < -0.39 is 0 Å². The van der Waals surface area contributed by atoms with Crippen LogP contribution in [0.3, 0.4) is 0 Å². The lowest BCUT2D eigenvalue weighted by molar-refractivity contribution is 0.0700. The first-order chi connectivity index (χ1) is 12.6. The van der Waals surface area contributed by atoms with Crippen LogP contribution in [0, 0.1) is 0 Å². The van der Waals surface area contributed by atoms with Crippen molar-refractivity contribution in [2.75, 3.05) is 13.1 Å². The average Bonchev–Trinajstić information content (AvgIpc) is 3.28. The standard InChI is InChI=1S/C19H21ClN4O2/c1-2-3-14-11-16(23-22-14)19(25)24-8-6-12(7-9-24)18-21-15-10-13(20)4-5-17(15)26-18/h4-5,10-12H,2-3,6-9H2,1H3,(H,22,23). The van der Waals surface area contributed by atoms with Crippen molar-refractivity contribution in [2.45, 2.75) is 38.5 Å². The van der Waals surface area contributed by atoms with Gasteiger partial charge in [0.1, 0.15) is 11.2 Å². The third-order valence-corrected chi connectivity index (χ3v) is 5.10. The Labute approximate surface area is 156 Å². The summed E-state index contributed by atoms with van der Waals surface area (Å²) in [7, 11) is 0. The van der Waals surface area contributed by atoms with E-state index in [0.29, 0.717) is 23.8 Å². The van der Waals surface area contributed by atoms with Gasteiger partial charge in [0.05, 0.1) is 0 Å². The van der Waals surface area contributed by atoms with Crippen molar-refractivity contribution in [1.29, 1.82) is 0 Å². The van der Waals surface area contributed by atoms with Crippen LogP contribution >= 0.6 is 11.6 Å². The molecule has 1 fully saturated rings. The third kappa shape index (κ3) is 3.33. The number of hydrogen-bond acceptors (Lipinski definition) is 4. The SMILES string of the molecule is CCCc1cc(C(=O)N2CCC(c3nc4cc(Cl)ccc4o3)CC2)n[nH]1. The molecule has 0 unspecified atom stereocenters. The lowest BCUT2D eigenvalue weighted by atomic mass is 9.96. The number of nitrogens with one attached hydrogen (secondary N) is 1. The van der Waals surface area contributed by atoms with Gasteiger partial charge in [-0.3, -0.25) is 9.89 Å². The number of oxazole rings is 1. The van der Waals surface area contributed by atoms with Gasteiger partial charge in [0, 0.05) is 29.7 Å². The summed E-state index contributed by atoms with van der Waals surface area (Å²) in [6.45, 7) is 3.46. The zero-order chi connectivity index (χ0) is 18.1. The highest BCUT2D eigenvalue weighted by molar-refractivity contribution is 6.31. The zero-order valence-electron chi connectivity index (χ0n) is 14.7. The monoisotopic (exact) mass is 372 g/mol. The predicted molar refractivity (Wildman–Crippen MR) is 99.5 cm³/mol. The topological polar surface area (TPSA) is 75.0 Å². The van der Waals surface area contributed by atoms with Crippen LogP contribution < -0.4 is 0 Å². The lowest BCUT2D eigenvalue weighted by Gasteiger charge is -2.30. The molecule has 0 saturated carbocycles. The first-order valence-electron chi connectivity index (χ1n) is 9.03. The van der Waals surface area contributed by atoms with E-state index >= 15 is 0 Å². The molecule has 0 bridgehead atoms. The number of carbonyl (C=O) groups is 1. The normalized spacial score (nSPS) is 15.7. The highest BCUT2D eigenvalue weighted by Crippen LogP contribution is 2.31. The summed E-state index contributed by atoms with van der Waals surface area (Å²) in [5.41, 5.74) is 3.05.